The number of benzene rings is 3. The molecule has 0 aliphatic heterocycles. The van der Waals surface area contributed by atoms with Crippen LogP contribution in [0.15, 0.2) is 78.9 Å². The van der Waals surface area contributed by atoms with Gasteiger partial charge in [0.2, 0.25) is 5.72 Å². The van der Waals surface area contributed by atoms with Crippen LogP contribution in [0.4, 0.5) is 0 Å². The van der Waals surface area contributed by atoms with E-state index in [1.54, 1.807) is 55.5 Å². The zero-order valence-electron chi connectivity index (χ0n) is 17.2. The molecule has 3 rings (SSSR count). The molecule has 3 aromatic carbocycles. The molecule has 6 heteroatoms. The molecular weight excluding hydrogens is 394 g/mol. The number of hydrogen-bond acceptors (Lipinski definition) is 6. The third-order valence-electron chi connectivity index (χ3n) is 5.24. The summed E-state index contributed by atoms with van der Waals surface area (Å²) in [6.07, 6.45) is 0.0161. The van der Waals surface area contributed by atoms with Crippen molar-refractivity contribution in [2.45, 2.75) is 25.7 Å². The number of phenols is 1. The van der Waals surface area contributed by atoms with Gasteiger partial charge in [-0.15, -0.1) is 0 Å². The number of carbonyl (C=O) groups is 2. The Morgan fingerprint density at radius 3 is 2.13 bits per heavy atom. The van der Waals surface area contributed by atoms with Crippen LogP contribution in [0, 0.1) is 12.8 Å². The van der Waals surface area contributed by atoms with E-state index in [-0.39, 0.29) is 24.3 Å². The van der Waals surface area contributed by atoms with Crippen molar-refractivity contribution in [1.82, 2.24) is 0 Å². The molecule has 0 unspecified atom stereocenters. The molecule has 6 nitrogen and oxygen atoms in total. The summed E-state index contributed by atoms with van der Waals surface area (Å²) in [6, 6.07) is 22.4. The number of aliphatic hydroxyl groups is 1. The molecule has 160 valence electrons. The predicted octanol–water partition coefficient (Wildman–Crippen LogP) is 3.13. The lowest BCUT2D eigenvalue weighted by Gasteiger charge is -2.30. The molecule has 31 heavy (non-hydrogen) atoms. The minimum atomic E-state index is -2.57. The van der Waals surface area contributed by atoms with Gasteiger partial charge in [0, 0.05) is 11.1 Å². The van der Waals surface area contributed by atoms with Crippen LogP contribution in [-0.4, -0.2) is 27.7 Å². The highest BCUT2D eigenvalue weighted by Gasteiger charge is 2.46. The predicted molar refractivity (Wildman–Crippen MR) is 116 cm³/mol. The van der Waals surface area contributed by atoms with Gasteiger partial charge in [-0.25, -0.2) is 4.79 Å². The summed E-state index contributed by atoms with van der Waals surface area (Å²) in [6.45, 7) is 1.50. The number of carbonyl (C=O) groups excluding carboxylic acids is 2. The third-order valence-corrected chi connectivity index (χ3v) is 5.24. The molecule has 0 fully saturated rings. The molecule has 0 saturated heterocycles. The normalized spacial score (nSPS) is 13.8. The van der Waals surface area contributed by atoms with Crippen molar-refractivity contribution >= 4 is 11.8 Å². The minimum Gasteiger partial charge on any atom is -0.508 e. The maximum Gasteiger partial charge on any atom is 0.354 e. The lowest BCUT2D eigenvalue weighted by atomic mass is 9.82. The van der Waals surface area contributed by atoms with Crippen molar-refractivity contribution in [2.75, 3.05) is 0 Å². The first-order valence-corrected chi connectivity index (χ1v) is 9.90. The van der Waals surface area contributed by atoms with E-state index in [1.807, 2.05) is 12.1 Å². The number of rotatable bonds is 8. The highest BCUT2D eigenvalue weighted by Crippen LogP contribution is 2.28. The molecule has 0 aliphatic carbocycles. The summed E-state index contributed by atoms with van der Waals surface area (Å²) in [5, 5.41) is 21.0. The van der Waals surface area contributed by atoms with Crippen molar-refractivity contribution in [3.8, 4) is 5.75 Å². The van der Waals surface area contributed by atoms with Gasteiger partial charge in [-0.3, -0.25) is 10.5 Å². The van der Waals surface area contributed by atoms with Crippen LogP contribution in [0.5, 0.6) is 5.75 Å². The average Bonchev–Trinajstić information content (AvgIpc) is 2.78. The number of aromatic hydroxyl groups is 1. The van der Waals surface area contributed by atoms with E-state index in [0.29, 0.717) is 5.56 Å². The van der Waals surface area contributed by atoms with Crippen LogP contribution in [0.25, 0.3) is 0 Å². The minimum absolute atomic E-state index is 0.0161. The maximum atomic E-state index is 13.4. The van der Waals surface area contributed by atoms with Gasteiger partial charge in [-0.1, -0.05) is 72.8 Å². The van der Waals surface area contributed by atoms with Crippen LogP contribution >= 0.6 is 0 Å². The Kier molecular flexibility index (Phi) is 6.84. The van der Waals surface area contributed by atoms with Gasteiger partial charge in [-0.05, 0) is 30.5 Å². The quantitative estimate of drug-likeness (QED) is 0.294. The van der Waals surface area contributed by atoms with Crippen molar-refractivity contribution in [1.29, 1.82) is 0 Å². The first-order valence-electron chi connectivity index (χ1n) is 9.90. The van der Waals surface area contributed by atoms with Gasteiger partial charge in [-0.2, -0.15) is 0 Å². The molecule has 0 spiro atoms. The van der Waals surface area contributed by atoms with Gasteiger partial charge in [0.25, 0.3) is 0 Å². The molecule has 0 aromatic heterocycles. The first-order chi connectivity index (χ1) is 14.8. The highest BCUT2D eigenvalue weighted by molar-refractivity contribution is 6.03. The summed E-state index contributed by atoms with van der Waals surface area (Å²) >= 11 is 0. The van der Waals surface area contributed by atoms with Gasteiger partial charge < -0.3 is 14.9 Å². The monoisotopic (exact) mass is 419 g/mol. The lowest BCUT2D eigenvalue weighted by Crippen LogP contribution is -2.58. The molecule has 3 aromatic rings. The fraction of sp³-hybridized carbons (Fsp3) is 0.200. The lowest BCUT2D eigenvalue weighted by molar-refractivity contribution is -0.170. The molecule has 0 aliphatic rings. The van der Waals surface area contributed by atoms with E-state index in [4.69, 9.17) is 10.5 Å². The summed E-state index contributed by atoms with van der Waals surface area (Å²) in [5.41, 5.74) is 5.44. The van der Waals surface area contributed by atoms with Crippen molar-refractivity contribution in [2.24, 2.45) is 11.7 Å². The van der Waals surface area contributed by atoms with Crippen molar-refractivity contribution in [3.05, 3.63) is 101 Å². The first kappa shape index (κ1) is 22.2. The highest BCUT2D eigenvalue weighted by atomic mass is 16.6. The fourth-order valence-electron chi connectivity index (χ4n) is 3.36. The standard InChI is InChI=1S/C25H25NO5/c1-17-20(13-8-14-22(17)27)23(28)21(15-18-9-4-2-5-10-18)25(26,30)24(29)31-16-19-11-6-3-7-12-19/h2-14,21,27,30H,15-16,26H2,1H3/t21-,25+/m1/s1. The van der Waals surface area contributed by atoms with Crippen LogP contribution in [-0.2, 0) is 22.6 Å². The van der Waals surface area contributed by atoms with E-state index >= 15 is 0 Å². The number of hydrogen-bond donors (Lipinski definition) is 3. The molecule has 0 bridgehead atoms. The number of ketones is 1. The van der Waals surface area contributed by atoms with Crippen LogP contribution in [0.3, 0.4) is 0 Å². The second-order valence-corrected chi connectivity index (χ2v) is 7.44. The van der Waals surface area contributed by atoms with E-state index in [9.17, 15) is 19.8 Å². The molecule has 0 amide bonds. The second-order valence-electron chi connectivity index (χ2n) is 7.44. The van der Waals surface area contributed by atoms with Crippen LogP contribution < -0.4 is 5.73 Å². The Balaban J connectivity index is 1.91. The maximum absolute atomic E-state index is 13.4. The smallest absolute Gasteiger partial charge is 0.354 e. The molecule has 0 saturated carbocycles. The second kappa shape index (κ2) is 9.55. The van der Waals surface area contributed by atoms with Crippen molar-refractivity contribution < 1.29 is 24.5 Å². The van der Waals surface area contributed by atoms with Gasteiger partial charge in [0.15, 0.2) is 5.78 Å². The zero-order chi connectivity index (χ0) is 22.4. The summed E-state index contributed by atoms with van der Waals surface area (Å²) < 4.78 is 5.24. The molecule has 0 radical (unpaired) electrons. The SMILES string of the molecule is Cc1c(O)cccc1C(=O)[C@@H](Cc1ccccc1)[C@](N)(O)C(=O)OCc1ccccc1. The Morgan fingerprint density at radius 1 is 0.935 bits per heavy atom. The van der Waals surface area contributed by atoms with Crippen LogP contribution in [0.1, 0.15) is 27.0 Å². The van der Waals surface area contributed by atoms with Crippen LogP contribution in [0.2, 0.25) is 0 Å². The summed E-state index contributed by atoms with van der Waals surface area (Å²) in [5.74, 6) is -3.03. The fourth-order valence-corrected chi connectivity index (χ4v) is 3.36. The molecule has 0 heterocycles. The Labute approximate surface area is 180 Å². The van der Waals surface area contributed by atoms with E-state index in [1.165, 1.54) is 18.2 Å². The molecule has 4 N–H and O–H groups in total. The zero-order valence-corrected chi connectivity index (χ0v) is 17.2. The van der Waals surface area contributed by atoms with E-state index in [2.05, 4.69) is 0 Å². The molecular formula is C25H25NO5. The van der Waals surface area contributed by atoms with Crippen molar-refractivity contribution in [3.63, 3.8) is 0 Å². The Hall–Kier alpha value is -3.48. The Morgan fingerprint density at radius 2 is 1.52 bits per heavy atom. The van der Waals surface area contributed by atoms with E-state index < -0.39 is 23.4 Å². The third kappa shape index (κ3) is 5.17. The number of nitrogens with two attached hydrogens (primary N) is 1. The van der Waals surface area contributed by atoms with E-state index in [0.717, 1.165) is 11.1 Å². The summed E-state index contributed by atoms with van der Waals surface area (Å²) in [4.78, 5) is 26.1. The number of esters is 1. The Bertz CT molecular complexity index is 1050. The average molecular weight is 419 g/mol. The topological polar surface area (TPSA) is 110 Å². The van der Waals surface area contributed by atoms with Gasteiger partial charge >= 0.3 is 5.97 Å². The number of ether oxygens (including phenoxy) is 1. The van der Waals surface area contributed by atoms with Gasteiger partial charge in [0.1, 0.15) is 12.4 Å². The largest absolute Gasteiger partial charge is 0.508 e. The summed E-state index contributed by atoms with van der Waals surface area (Å²) in [7, 11) is 0. The van der Waals surface area contributed by atoms with Gasteiger partial charge in [0.05, 0.1) is 5.92 Å². The number of Topliss-reactive ketones (excluding diaryl/α,β-unsaturated/α-hetero) is 1. The number of phenolic OH excluding ortho intramolecular Hbond substituents is 1. The molecule has 2 atom stereocenters.